The molecule has 1 saturated heterocycles. The highest BCUT2D eigenvalue weighted by Crippen LogP contribution is 2.22. The number of furan rings is 1. The van der Waals surface area contributed by atoms with Crippen LogP contribution in [0.4, 0.5) is 0 Å². The molecule has 0 atom stereocenters. The van der Waals surface area contributed by atoms with Crippen LogP contribution in [0.15, 0.2) is 38.5 Å². The zero-order valence-corrected chi connectivity index (χ0v) is 13.9. The summed E-state index contributed by atoms with van der Waals surface area (Å²) >= 11 is 1.03. The predicted octanol–water partition coefficient (Wildman–Crippen LogP) is 1.29. The van der Waals surface area contributed by atoms with E-state index in [0.717, 1.165) is 11.3 Å². The van der Waals surface area contributed by atoms with Crippen LogP contribution in [-0.2, 0) is 21.3 Å². The molecule has 3 rings (SSSR count). The van der Waals surface area contributed by atoms with E-state index >= 15 is 0 Å². The van der Waals surface area contributed by atoms with Gasteiger partial charge in [0, 0.05) is 18.5 Å². The van der Waals surface area contributed by atoms with E-state index in [-0.39, 0.29) is 16.7 Å². The largest absolute Gasteiger partial charge is 0.468 e. The number of nitrogens with one attached hydrogen (secondary N) is 1. The van der Waals surface area contributed by atoms with E-state index in [1.807, 2.05) is 0 Å². The molecule has 0 aliphatic carbocycles. The van der Waals surface area contributed by atoms with E-state index in [1.165, 1.54) is 12.3 Å². The highest BCUT2D eigenvalue weighted by Gasteiger charge is 2.23. The summed E-state index contributed by atoms with van der Waals surface area (Å²) in [5, 5.41) is 1.57. The number of hydrogen-bond donors (Lipinski definition) is 1. The molecule has 23 heavy (non-hydrogen) atoms. The van der Waals surface area contributed by atoms with Crippen molar-refractivity contribution in [1.82, 2.24) is 9.62 Å². The summed E-state index contributed by atoms with van der Waals surface area (Å²) in [6.07, 6.45) is 1.48. The number of amides is 1. The minimum absolute atomic E-state index is 0.0694. The van der Waals surface area contributed by atoms with E-state index in [9.17, 15) is 13.2 Å². The van der Waals surface area contributed by atoms with Gasteiger partial charge >= 0.3 is 0 Å². The summed E-state index contributed by atoms with van der Waals surface area (Å²) in [7, 11) is -3.67. The zero-order chi connectivity index (χ0) is 16.3. The molecule has 7 nitrogen and oxygen atoms in total. The van der Waals surface area contributed by atoms with Crippen molar-refractivity contribution < 1.29 is 22.4 Å². The lowest BCUT2D eigenvalue weighted by Gasteiger charge is -2.26. The summed E-state index contributed by atoms with van der Waals surface area (Å²) in [5.74, 6) is 0.354. The fraction of sp³-hybridized carbons (Fsp3) is 0.357. The molecule has 1 aliphatic rings. The quantitative estimate of drug-likeness (QED) is 0.872. The fourth-order valence-corrected chi connectivity index (χ4v) is 4.36. The summed E-state index contributed by atoms with van der Waals surface area (Å²) < 4.78 is 37.4. The number of carbonyl (C=O) groups is 1. The van der Waals surface area contributed by atoms with Gasteiger partial charge in [0.05, 0.1) is 31.6 Å². The molecular formula is C14H16N2O5S2. The van der Waals surface area contributed by atoms with Gasteiger partial charge in [0.25, 0.3) is 5.91 Å². The molecule has 0 spiro atoms. The van der Waals surface area contributed by atoms with Gasteiger partial charge in [0.15, 0.2) is 0 Å². The Labute approximate surface area is 137 Å². The van der Waals surface area contributed by atoms with Crippen molar-refractivity contribution >= 4 is 27.3 Å². The summed E-state index contributed by atoms with van der Waals surface area (Å²) in [4.78, 5) is 14.0. The van der Waals surface area contributed by atoms with Crippen LogP contribution in [-0.4, -0.2) is 45.5 Å². The molecule has 3 heterocycles. The first-order chi connectivity index (χ1) is 11.1. The maximum Gasteiger partial charge on any atom is 0.254 e. The van der Waals surface area contributed by atoms with E-state index in [1.54, 1.807) is 22.4 Å². The van der Waals surface area contributed by atoms with Crippen molar-refractivity contribution in [2.24, 2.45) is 0 Å². The molecule has 2 aromatic heterocycles. The Hall–Kier alpha value is -1.68. The normalized spacial score (nSPS) is 15.7. The number of thiophene rings is 1. The number of sulfonamides is 1. The number of carbonyl (C=O) groups excluding carboxylic acids is 1. The smallest absolute Gasteiger partial charge is 0.254 e. The Morgan fingerprint density at radius 2 is 2.13 bits per heavy atom. The third-order valence-corrected chi connectivity index (χ3v) is 6.24. The number of nitrogens with zero attached hydrogens (tertiary/aromatic N) is 1. The maximum absolute atomic E-state index is 12.3. The molecule has 2 aromatic rings. The van der Waals surface area contributed by atoms with Gasteiger partial charge in [0.2, 0.25) is 10.0 Å². The third kappa shape index (κ3) is 3.81. The molecule has 1 aliphatic heterocycles. The first-order valence-electron chi connectivity index (χ1n) is 7.04. The van der Waals surface area contributed by atoms with E-state index in [0.29, 0.717) is 37.6 Å². The van der Waals surface area contributed by atoms with E-state index < -0.39 is 10.0 Å². The lowest BCUT2D eigenvalue weighted by Crippen LogP contribution is -2.40. The second-order valence-electron chi connectivity index (χ2n) is 4.96. The van der Waals surface area contributed by atoms with Crippen molar-refractivity contribution in [3.63, 3.8) is 0 Å². The molecule has 1 amide bonds. The molecule has 1 fully saturated rings. The average Bonchev–Trinajstić information content (AvgIpc) is 3.25. The van der Waals surface area contributed by atoms with Crippen molar-refractivity contribution in [1.29, 1.82) is 0 Å². The van der Waals surface area contributed by atoms with Crippen LogP contribution < -0.4 is 4.72 Å². The zero-order valence-electron chi connectivity index (χ0n) is 12.2. The van der Waals surface area contributed by atoms with Gasteiger partial charge in [0.1, 0.15) is 9.97 Å². The van der Waals surface area contributed by atoms with Crippen molar-refractivity contribution in [3.8, 4) is 0 Å². The number of hydrogen-bond acceptors (Lipinski definition) is 6. The Balaban J connectivity index is 1.68. The lowest BCUT2D eigenvalue weighted by atomic mass is 10.3. The standard InChI is InChI=1S/C14H16N2O5S2/c17-14(16-3-6-20-7-4-16)11-8-13(22-10-11)23(18,19)15-9-12-2-1-5-21-12/h1-2,5,8,10,15H,3-4,6-7,9H2. The van der Waals surface area contributed by atoms with Crippen LogP contribution in [0.1, 0.15) is 16.1 Å². The molecule has 1 N–H and O–H groups in total. The maximum atomic E-state index is 12.3. The Morgan fingerprint density at radius 1 is 1.35 bits per heavy atom. The average molecular weight is 356 g/mol. The van der Waals surface area contributed by atoms with Gasteiger partial charge in [-0.1, -0.05) is 0 Å². The Morgan fingerprint density at radius 3 is 2.83 bits per heavy atom. The van der Waals surface area contributed by atoms with Crippen LogP contribution in [0.25, 0.3) is 0 Å². The highest BCUT2D eigenvalue weighted by molar-refractivity contribution is 7.91. The lowest BCUT2D eigenvalue weighted by molar-refractivity contribution is 0.0303. The second kappa shape index (κ2) is 6.83. The number of ether oxygens (including phenoxy) is 1. The molecule has 0 bridgehead atoms. The van der Waals surface area contributed by atoms with Gasteiger partial charge in [-0.05, 0) is 18.2 Å². The highest BCUT2D eigenvalue weighted by atomic mass is 32.2. The van der Waals surface area contributed by atoms with Gasteiger partial charge in [-0.15, -0.1) is 11.3 Å². The van der Waals surface area contributed by atoms with E-state index in [4.69, 9.17) is 9.15 Å². The molecule has 0 unspecified atom stereocenters. The van der Waals surface area contributed by atoms with Gasteiger partial charge in [-0.2, -0.15) is 0 Å². The minimum atomic E-state index is -3.67. The number of rotatable bonds is 5. The predicted molar refractivity (Wildman–Crippen MR) is 83.8 cm³/mol. The Kier molecular flexibility index (Phi) is 4.81. The van der Waals surface area contributed by atoms with Crippen molar-refractivity contribution in [2.45, 2.75) is 10.8 Å². The molecular weight excluding hydrogens is 340 g/mol. The monoisotopic (exact) mass is 356 g/mol. The molecule has 0 radical (unpaired) electrons. The van der Waals surface area contributed by atoms with Gasteiger partial charge in [-0.25, -0.2) is 13.1 Å². The second-order valence-corrected chi connectivity index (χ2v) is 7.87. The van der Waals surface area contributed by atoms with Crippen LogP contribution in [0.2, 0.25) is 0 Å². The first kappa shape index (κ1) is 16.2. The van der Waals surface area contributed by atoms with Gasteiger partial charge in [-0.3, -0.25) is 4.79 Å². The van der Waals surface area contributed by atoms with Crippen LogP contribution in [0.3, 0.4) is 0 Å². The van der Waals surface area contributed by atoms with E-state index in [2.05, 4.69) is 4.72 Å². The summed E-state index contributed by atoms with van der Waals surface area (Å²) in [6, 6.07) is 4.78. The molecule has 0 aromatic carbocycles. The number of morpholine rings is 1. The summed E-state index contributed by atoms with van der Waals surface area (Å²) in [6.45, 7) is 2.12. The van der Waals surface area contributed by atoms with Crippen LogP contribution >= 0.6 is 11.3 Å². The van der Waals surface area contributed by atoms with Crippen molar-refractivity contribution in [3.05, 3.63) is 41.2 Å². The van der Waals surface area contributed by atoms with Crippen molar-refractivity contribution in [2.75, 3.05) is 26.3 Å². The third-order valence-electron chi connectivity index (χ3n) is 3.40. The minimum Gasteiger partial charge on any atom is -0.468 e. The SMILES string of the molecule is O=C(c1csc(S(=O)(=O)NCc2ccco2)c1)N1CCOCC1. The summed E-state index contributed by atoms with van der Waals surface area (Å²) in [5.41, 5.74) is 0.385. The van der Waals surface area contributed by atoms with Crippen LogP contribution in [0, 0.1) is 0 Å². The Bertz CT molecular complexity index is 761. The van der Waals surface area contributed by atoms with Gasteiger partial charge < -0.3 is 14.1 Å². The fourth-order valence-electron chi connectivity index (χ4n) is 2.17. The molecule has 9 heteroatoms. The molecule has 0 saturated carbocycles. The first-order valence-corrected chi connectivity index (χ1v) is 9.40. The topological polar surface area (TPSA) is 88.8 Å². The molecule has 124 valence electrons. The van der Waals surface area contributed by atoms with Crippen LogP contribution in [0.5, 0.6) is 0 Å².